The zero-order valence-electron chi connectivity index (χ0n) is 9.47. The van der Waals surface area contributed by atoms with Gasteiger partial charge in [-0.25, -0.2) is 4.98 Å². The van der Waals surface area contributed by atoms with Gasteiger partial charge in [-0.15, -0.1) is 0 Å². The van der Waals surface area contributed by atoms with Crippen LogP contribution in [-0.2, 0) is 0 Å². The van der Waals surface area contributed by atoms with Gasteiger partial charge in [-0.1, -0.05) is 18.2 Å². The smallest absolute Gasteiger partial charge is 0.317 e. The van der Waals surface area contributed by atoms with Crippen molar-refractivity contribution >= 4 is 10.9 Å². The minimum Gasteiger partial charge on any atom is -0.459 e. The zero-order chi connectivity index (χ0) is 11.4. The van der Waals surface area contributed by atoms with Crippen LogP contribution in [0.25, 0.3) is 10.9 Å². The van der Waals surface area contributed by atoms with Crippen LogP contribution in [0, 0.1) is 0 Å². The van der Waals surface area contributed by atoms with Gasteiger partial charge in [0.1, 0.15) is 6.10 Å². The molecule has 84 valence electrons. The Balaban J connectivity index is 2.19. The molecule has 2 rings (SSSR count). The Morgan fingerprint density at radius 3 is 3.00 bits per heavy atom. The minimum atomic E-state index is 0.0613. The second-order valence-corrected chi connectivity index (χ2v) is 3.70. The number of aromatic nitrogens is 2. The fraction of sp³-hybridized carbons (Fsp3) is 0.333. The molecule has 4 heteroatoms. The van der Waals surface area contributed by atoms with Crippen molar-refractivity contribution in [3.8, 4) is 6.01 Å². The third-order valence-corrected chi connectivity index (χ3v) is 2.27. The molecular weight excluding hydrogens is 202 g/mol. The van der Waals surface area contributed by atoms with Crippen LogP contribution < -0.4 is 10.1 Å². The fourth-order valence-corrected chi connectivity index (χ4v) is 1.52. The summed E-state index contributed by atoms with van der Waals surface area (Å²) in [5.41, 5.74) is 0.907. The number of ether oxygens (including phenoxy) is 1. The van der Waals surface area contributed by atoms with Gasteiger partial charge in [0.25, 0.3) is 0 Å². The first-order chi connectivity index (χ1) is 7.79. The highest BCUT2D eigenvalue weighted by atomic mass is 16.5. The minimum absolute atomic E-state index is 0.0613. The summed E-state index contributed by atoms with van der Waals surface area (Å²) < 4.78 is 5.58. The maximum absolute atomic E-state index is 5.58. The van der Waals surface area contributed by atoms with Gasteiger partial charge >= 0.3 is 6.01 Å². The van der Waals surface area contributed by atoms with Crippen LogP contribution >= 0.6 is 0 Å². The fourth-order valence-electron chi connectivity index (χ4n) is 1.52. The van der Waals surface area contributed by atoms with Crippen LogP contribution in [0.1, 0.15) is 6.92 Å². The molecule has 1 aromatic heterocycles. The van der Waals surface area contributed by atoms with Gasteiger partial charge in [-0.05, 0) is 20.0 Å². The summed E-state index contributed by atoms with van der Waals surface area (Å²) in [6.07, 6.45) is 1.84. The molecule has 1 heterocycles. The molecule has 0 saturated heterocycles. The molecule has 0 aliphatic carbocycles. The third-order valence-electron chi connectivity index (χ3n) is 2.27. The van der Waals surface area contributed by atoms with E-state index in [2.05, 4.69) is 15.3 Å². The van der Waals surface area contributed by atoms with Crippen molar-refractivity contribution in [1.29, 1.82) is 0 Å². The average molecular weight is 217 g/mol. The van der Waals surface area contributed by atoms with Crippen LogP contribution in [0.3, 0.4) is 0 Å². The van der Waals surface area contributed by atoms with Crippen molar-refractivity contribution in [2.45, 2.75) is 13.0 Å². The molecule has 0 amide bonds. The van der Waals surface area contributed by atoms with Crippen molar-refractivity contribution in [3.05, 3.63) is 30.5 Å². The molecule has 0 aliphatic heterocycles. The predicted molar refractivity (Wildman–Crippen MR) is 63.6 cm³/mol. The van der Waals surface area contributed by atoms with E-state index in [4.69, 9.17) is 4.74 Å². The molecule has 0 saturated carbocycles. The van der Waals surface area contributed by atoms with Crippen molar-refractivity contribution in [2.75, 3.05) is 13.6 Å². The van der Waals surface area contributed by atoms with Gasteiger partial charge in [0.2, 0.25) is 0 Å². The Kier molecular flexibility index (Phi) is 3.31. The van der Waals surface area contributed by atoms with E-state index in [1.807, 2.05) is 38.2 Å². The van der Waals surface area contributed by atoms with Crippen LogP contribution in [0.5, 0.6) is 6.01 Å². The lowest BCUT2D eigenvalue weighted by Gasteiger charge is -2.12. The molecule has 1 aromatic carbocycles. The molecule has 1 atom stereocenters. The number of likely N-dealkylation sites (N-methyl/N-ethyl adjacent to an activating group) is 1. The molecule has 0 fully saturated rings. The molecule has 0 radical (unpaired) electrons. The average Bonchev–Trinajstić information content (AvgIpc) is 2.29. The number of hydrogen-bond acceptors (Lipinski definition) is 4. The summed E-state index contributed by atoms with van der Waals surface area (Å²) in [6, 6.07) is 8.29. The predicted octanol–water partition coefficient (Wildman–Crippen LogP) is 1.62. The lowest BCUT2D eigenvalue weighted by molar-refractivity contribution is 0.203. The number of hydrogen-bond donors (Lipinski definition) is 1. The topological polar surface area (TPSA) is 47.0 Å². The Labute approximate surface area is 94.7 Å². The van der Waals surface area contributed by atoms with E-state index >= 15 is 0 Å². The molecule has 0 aliphatic rings. The van der Waals surface area contributed by atoms with Crippen LogP contribution in [0.4, 0.5) is 0 Å². The van der Waals surface area contributed by atoms with Crippen molar-refractivity contribution in [2.24, 2.45) is 0 Å². The lowest BCUT2D eigenvalue weighted by atomic mass is 10.2. The first-order valence-corrected chi connectivity index (χ1v) is 5.32. The number of para-hydroxylation sites is 1. The molecule has 4 nitrogen and oxygen atoms in total. The second-order valence-electron chi connectivity index (χ2n) is 3.70. The van der Waals surface area contributed by atoms with E-state index < -0.39 is 0 Å². The van der Waals surface area contributed by atoms with Gasteiger partial charge in [-0.3, -0.25) is 0 Å². The molecule has 16 heavy (non-hydrogen) atoms. The molecule has 0 spiro atoms. The summed E-state index contributed by atoms with van der Waals surface area (Å²) in [7, 11) is 1.89. The van der Waals surface area contributed by atoms with Crippen molar-refractivity contribution < 1.29 is 4.74 Å². The summed E-state index contributed by atoms with van der Waals surface area (Å²) in [5.74, 6) is 0. The quantitative estimate of drug-likeness (QED) is 0.845. The number of nitrogens with zero attached hydrogens (tertiary/aromatic N) is 2. The van der Waals surface area contributed by atoms with Gasteiger partial charge in [0, 0.05) is 18.1 Å². The van der Waals surface area contributed by atoms with Gasteiger partial charge in [-0.2, -0.15) is 4.98 Å². The van der Waals surface area contributed by atoms with Gasteiger partial charge in [0.05, 0.1) is 5.52 Å². The maximum Gasteiger partial charge on any atom is 0.317 e. The van der Waals surface area contributed by atoms with E-state index in [1.165, 1.54) is 0 Å². The third kappa shape index (κ3) is 2.46. The monoisotopic (exact) mass is 217 g/mol. The van der Waals surface area contributed by atoms with Gasteiger partial charge in [0.15, 0.2) is 0 Å². The standard InChI is InChI=1S/C12H15N3O/c1-9(7-13-2)16-12-14-8-10-5-3-4-6-11(10)15-12/h3-6,8-9,13H,7H2,1-2H3. The molecule has 2 aromatic rings. The SMILES string of the molecule is CNCC(C)Oc1ncc2ccccc2n1. The summed E-state index contributed by atoms with van der Waals surface area (Å²) in [6.45, 7) is 2.76. The Morgan fingerprint density at radius 2 is 2.19 bits per heavy atom. The van der Waals surface area contributed by atoms with Crippen molar-refractivity contribution in [1.82, 2.24) is 15.3 Å². The number of fused-ring (bicyclic) bond motifs is 1. The largest absolute Gasteiger partial charge is 0.459 e. The second kappa shape index (κ2) is 4.90. The molecule has 1 N–H and O–H groups in total. The van der Waals surface area contributed by atoms with Crippen LogP contribution in [-0.4, -0.2) is 29.7 Å². The van der Waals surface area contributed by atoms with E-state index in [-0.39, 0.29) is 6.10 Å². The first kappa shape index (κ1) is 10.8. The Morgan fingerprint density at radius 1 is 1.38 bits per heavy atom. The highest BCUT2D eigenvalue weighted by Crippen LogP contribution is 2.13. The lowest BCUT2D eigenvalue weighted by Crippen LogP contribution is -2.26. The van der Waals surface area contributed by atoms with E-state index in [0.717, 1.165) is 17.4 Å². The molecule has 0 bridgehead atoms. The highest BCUT2D eigenvalue weighted by molar-refractivity contribution is 5.77. The highest BCUT2D eigenvalue weighted by Gasteiger charge is 2.05. The van der Waals surface area contributed by atoms with E-state index in [1.54, 1.807) is 6.20 Å². The molecule has 1 unspecified atom stereocenters. The van der Waals surface area contributed by atoms with Crippen LogP contribution in [0.2, 0.25) is 0 Å². The number of rotatable bonds is 4. The van der Waals surface area contributed by atoms with E-state index in [0.29, 0.717) is 6.01 Å². The van der Waals surface area contributed by atoms with E-state index in [9.17, 15) is 0 Å². The number of nitrogens with one attached hydrogen (secondary N) is 1. The maximum atomic E-state index is 5.58. The zero-order valence-corrected chi connectivity index (χ0v) is 9.47. The van der Waals surface area contributed by atoms with Gasteiger partial charge < -0.3 is 10.1 Å². The summed E-state index contributed by atoms with van der Waals surface area (Å²) in [5, 5.41) is 4.07. The summed E-state index contributed by atoms with van der Waals surface area (Å²) in [4.78, 5) is 8.50. The van der Waals surface area contributed by atoms with Crippen molar-refractivity contribution in [3.63, 3.8) is 0 Å². The summed E-state index contributed by atoms with van der Waals surface area (Å²) >= 11 is 0. The first-order valence-electron chi connectivity index (χ1n) is 5.32. The molecular formula is C12H15N3O. The Hall–Kier alpha value is -1.68. The Bertz CT molecular complexity index is 473. The normalized spacial score (nSPS) is 12.6. The number of benzene rings is 1. The van der Waals surface area contributed by atoms with Crippen LogP contribution in [0.15, 0.2) is 30.5 Å².